The second-order valence-corrected chi connectivity index (χ2v) is 5.70. The summed E-state index contributed by atoms with van der Waals surface area (Å²) in [5, 5.41) is 2.70. The second kappa shape index (κ2) is 7.64. The predicted octanol–water partition coefficient (Wildman–Crippen LogP) is 3.61. The fourth-order valence-corrected chi connectivity index (χ4v) is 2.83. The molecule has 2 aromatic heterocycles. The Bertz CT molecular complexity index is 695. The Balaban J connectivity index is 2.23. The van der Waals surface area contributed by atoms with Crippen LogP contribution in [0.25, 0.3) is 0 Å². The van der Waals surface area contributed by atoms with E-state index in [4.69, 9.17) is 4.74 Å². The van der Waals surface area contributed by atoms with Gasteiger partial charge in [-0.05, 0) is 51.3 Å². The average molecular weight is 430 g/mol. The van der Waals surface area contributed by atoms with Crippen molar-refractivity contribution in [3.8, 4) is 5.88 Å². The van der Waals surface area contributed by atoms with Gasteiger partial charge >= 0.3 is 0 Å². The van der Waals surface area contributed by atoms with E-state index < -0.39 is 0 Å². The van der Waals surface area contributed by atoms with Crippen molar-refractivity contribution in [2.24, 2.45) is 0 Å². The molecule has 0 atom stereocenters. The summed E-state index contributed by atoms with van der Waals surface area (Å²) in [5.41, 5.74) is 1.01. The summed E-state index contributed by atoms with van der Waals surface area (Å²) in [6, 6.07) is 5.02. The van der Waals surface area contributed by atoms with Crippen LogP contribution >= 0.6 is 31.9 Å². The molecule has 116 valence electrons. The van der Waals surface area contributed by atoms with Crippen LogP contribution in [0.3, 0.4) is 0 Å². The van der Waals surface area contributed by atoms with Crippen molar-refractivity contribution in [3.05, 3.63) is 38.8 Å². The lowest BCUT2D eigenvalue weighted by atomic mass is 10.3. The van der Waals surface area contributed by atoms with E-state index in [1.165, 1.54) is 0 Å². The molecule has 0 saturated carbocycles. The van der Waals surface area contributed by atoms with E-state index in [9.17, 15) is 4.79 Å². The topological polar surface area (TPSA) is 77.0 Å². The van der Waals surface area contributed by atoms with Crippen LogP contribution < -0.4 is 10.1 Å². The molecule has 0 aliphatic carbocycles. The quantitative estimate of drug-likeness (QED) is 0.785. The van der Waals surface area contributed by atoms with Crippen LogP contribution in [0, 0.1) is 0 Å². The molecule has 6 nitrogen and oxygen atoms in total. The summed E-state index contributed by atoms with van der Waals surface area (Å²) in [5.74, 6) is 0.389. The Morgan fingerprint density at radius 1 is 1.18 bits per heavy atom. The highest BCUT2D eigenvalue weighted by Crippen LogP contribution is 2.23. The van der Waals surface area contributed by atoms with E-state index in [2.05, 4.69) is 52.1 Å². The van der Waals surface area contributed by atoms with Gasteiger partial charge in [0.15, 0.2) is 5.82 Å². The number of aryl methyl sites for hydroxylation is 1. The molecule has 0 fully saturated rings. The van der Waals surface area contributed by atoms with Crippen molar-refractivity contribution in [2.45, 2.75) is 20.3 Å². The first kappa shape index (κ1) is 16.8. The number of ether oxygens (including phenoxy) is 1. The lowest BCUT2D eigenvalue weighted by Crippen LogP contribution is -2.16. The Labute approximate surface area is 145 Å². The number of halogens is 2. The zero-order valence-corrected chi connectivity index (χ0v) is 15.2. The fourth-order valence-electron chi connectivity index (χ4n) is 1.68. The van der Waals surface area contributed by atoms with Crippen molar-refractivity contribution >= 4 is 43.6 Å². The molecule has 0 bridgehead atoms. The number of hydrogen-bond donors (Lipinski definition) is 1. The van der Waals surface area contributed by atoms with Gasteiger partial charge in [-0.15, -0.1) is 0 Å². The molecule has 0 aromatic carbocycles. The zero-order valence-electron chi connectivity index (χ0n) is 12.1. The molecule has 0 aliphatic rings. The molecular weight excluding hydrogens is 416 g/mol. The van der Waals surface area contributed by atoms with Gasteiger partial charge in [0.2, 0.25) is 5.88 Å². The molecule has 0 radical (unpaired) electrons. The van der Waals surface area contributed by atoms with Gasteiger partial charge in [-0.1, -0.05) is 13.0 Å². The normalized spacial score (nSPS) is 10.4. The third-order valence-electron chi connectivity index (χ3n) is 2.69. The van der Waals surface area contributed by atoms with Crippen LogP contribution in [0.5, 0.6) is 5.88 Å². The van der Waals surface area contributed by atoms with Crippen molar-refractivity contribution in [1.82, 2.24) is 15.0 Å². The lowest BCUT2D eigenvalue weighted by Gasteiger charge is -2.09. The highest BCUT2D eigenvalue weighted by atomic mass is 79.9. The third kappa shape index (κ3) is 4.01. The maximum absolute atomic E-state index is 12.3. The van der Waals surface area contributed by atoms with E-state index in [0.29, 0.717) is 33.9 Å². The summed E-state index contributed by atoms with van der Waals surface area (Å²) in [6.07, 6.45) is 0.696. The maximum Gasteiger partial charge on any atom is 0.275 e. The van der Waals surface area contributed by atoms with Crippen LogP contribution in [0.4, 0.5) is 5.82 Å². The molecule has 0 aliphatic heterocycles. The monoisotopic (exact) mass is 428 g/mol. The van der Waals surface area contributed by atoms with Gasteiger partial charge < -0.3 is 10.1 Å². The number of nitrogens with zero attached hydrogens (tertiary/aromatic N) is 3. The van der Waals surface area contributed by atoms with Crippen LogP contribution in [-0.4, -0.2) is 27.5 Å². The van der Waals surface area contributed by atoms with Crippen LogP contribution in [0.15, 0.2) is 27.4 Å². The minimum Gasteiger partial charge on any atom is -0.478 e. The Morgan fingerprint density at radius 3 is 2.64 bits per heavy atom. The molecule has 1 amide bonds. The minimum atomic E-state index is -0.374. The summed E-state index contributed by atoms with van der Waals surface area (Å²) in [4.78, 5) is 25.0. The molecule has 22 heavy (non-hydrogen) atoms. The number of rotatable bonds is 5. The van der Waals surface area contributed by atoms with Crippen LogP contribution in [-0.2, 0) is 6.42 Å². The summed E-state index contributed by atoms with van der Waals surface area (Å²) in [6.45, 7) is 4.30. The van der Waals surface area contributed by atoms with Crippen molar-refractivity contribution in [2.75, 3.05) is 11.9 Å². The van der Waals surface area contributed by atoms with Gasteiger partial charge in [0, 0.05) is 6.07 Å². The molecule has 0 saturated heterocycles. The predicted molar refractivity (Wildman–Crippen MR) is 90.2 cm³/mol. The maximum atomic E-state index is 12.3. The number of carbonyl (C=O) groups excluding carboxylic acids is 1. The molecule has 2 aromatic rings. The molecular formula is C14H14Br2N4O2. The summed E-state index contributed by atoms with van der Waals surface area (Å²) >= 11 is 6.62. The number of pyridine rings is 1. The number of carbonyl (C=O) groups is 1. The van der Waals surface area contributed by atoms with Gasteiger partial charge in [0.25, 0.3) is 5.91 Å². The zero-order chi connectivity index (χ0) is 16.1. The Hall–Kier alpha value is -1.54. The average Bonchev–Trinajstić information content (AvgIpc) is 2.50. The van der Waals surface area contributed by atoms with Gasteiger partial charge in [0.1, 0.15) is 14.9 Å². The highest BCUT2D eigenvalue weighted by molar-refractivity contribution is 9.11. The van der Waals surface area contributed by atoms with Gasteiger partial charge in [0.05, 0.1) is 12.3 Å². The smallest absolute Gasteiger partial charge is 0.275 e. The second-order valence-electron chi connectivity index (χ2n) is 4.20. The fraction of sp³-hybridized carbons (Fsp3) is 0.286. The molecule has 2 rings (SSSR count). The highest BCUT2D eigenvalue weighted by Gasteiger charge is 2.14. The standard InChI is InChI=1S/C14H14Br2N4O2/c1-3-8-11(15)19-12(16)13(18-8)20-14(21)9-6-5-7-10(17-9)22-4-2/h5-7H,3-4H2,1-2H3,(H,18,20,21). The van der Waals surface area contributed by atoms with Crippen molar-refractivity contribution < 1.29 is 9.53 Å². The molecule has 0 unspecified atom stereocenters. The Morgan fingerprint density at radius 2 is 1.95 bits per heavy atom. The first-order valence-corrected chi connectivity index (χ1v) is 8.26. The van der Waals surface area contributed by atoms with Crippen molar-refractivity contribution in [1.29, 1.82) is 0 Å². The number of hydrogen-bond acceptors (Lipinski definition) is 5. The number of anilines is 1. The van der Waals surface area contributed by atoms with Crippen molar-refractivity contribution in [3.63, 3.8) is 0 Å². The van der Waals surface area contributed by atoms with Gasteiger partial charge in [-0.2, -0.15) is 0 Å². The lowest BCUT2D eigenvalue weighted by molar-refractivity contribution is 0.102. The molecule has 2 heterocycles. The Kier molecular flexibility index (Phi) is 5.84. The van der Waals surface area contributed by atoms with E-state index in [0.717, 1.165) is 5.69 Å². The van der Waals surface area contributed by atoms with E-state index >= 15 is 0 Å². The number of amides is 1. The van der Waals surface area contributed by atoms with Crippen LogP contribution in [0.1, 0.15) is 30.0 Å². The number of aromatic nitrogens is 3. The van der Waals surface area contributed by atoms with E-state index in [1.54, 1.807) is 18.2 Å². The van der Waals surface area contributed by atoms with E-state index in [1.807, 2.05) is 13.8 Å². The van der Waals surface area contributed by atoms with Crippen LogP contribution in [0.2, 0.25) is 0 Å². The molecule has 1 N–H and O–H groups in total. The largest absolute Gasteiger partial charge is 0.478 e. The summed E-state index contributed by atoms with van der Waals surface area (Å²) in [7, 11) is 0. The first-order valence-electron chi connectivity index (χ1n) is 6.68. The van der Waals surface area contributed by atoms with Gasteiger partial charge in [-0.3, -0.25) is 4.79 Å². The SMILES string of the molecule is CCOc1cccc(C(=O)Nc2nc(CC)c(Br)nc2Br)n1. The molecule has 0 spiro atoms. The number of nitrogens with one attached hydrogen (secondary N) is 1. The molecule has 8 heteroatoms. The first-order chi connectivity index (χ1) is 10.5. The third-order valence-corrected chi connectivity index (χ3v) is 3.88. The minimum absolute atomic E-state index is 0.251. The van der Waals surface area contributed by atoms with Gasteiger partial charge in [-0.25, -0.2) is 15.0 Å². The summed E-state index contributed by atoms with van der Waals surface area (Å²) < 4.78 is 6.39. The van der Waals surface area contributed by atoms with E-state index in [-0.39, 0.29) is 11.6 Å².